The van der Waals surface area contributed by atoms with E-state index in [9.17, 15) is 0 Å². The number of hydrogen-bond acceptors (Lipinski definition) is 2. The van der Waals surface area contributed by atoms with E-state index in [2.05, 4.69) is 26.0 Å². The van der Waals surface area contributed by atoms with Crippen molar-refractivity contribution < 1.29 is 4.74 Å². The molecule has 0 aliphatic heterocycles. The summed E-state index contributed by atoms with van der Waals surface area (Å²) in [6, 6.07) is 4.42. The molecular weight excluding hydrogens is 222 g/mol. The number of ether oxygens (including phenoxy) is 1. The maximum Gasteiger partial charge on any atom is 0.125 e. The van der Waals surface area contributed by atoms with Gasteiger partial charge in [0.1, 0.15) is 5.75 Å². The summed E-state index contributed by atoms with van der Waals surface area (Å²) in [5.41, 5.74) is 9.42. The van der Waals surface area contributed by atoms with E-state index in [0.717, 1.165) is 24.7 Å². The Bertz CT molecular complexity index is 371. The molecule has 1 aliphatic rings. The van der Waals surface area contributed by atoms with Crippen molar-refractivity contribution in [2.24, 2.45) is 11.7 Å². The van der Waals surface area contributed by atoms with Crippen molar-refractivity contribution in [3.63, 3.8) is 0 Å². The predicted molar refractivity (Wildman–Crippen MR) is 76.1 cm³/mol. The molecule has 0 heterocycles. The smallest absolute Gasteiger partial charge is 0.125 e. The van der Waals surface area contributed by atoms with Gasteiger partial charge in [-0.25, -0.2) is 0 Å². The van der Waals surface area contributed by atoms with Gasteiger partial charge in [-0.05, 0) is 62.3 Å². The number of aryl methyl sites for hydroxylation is 2. The third-order valence-corrected chi connectivity index (χ3v) is 3.89. The van der Waals surface area contributed by atoms with Crippen LogP contribution in [0.4, 0.5) is 0 Å². The van der Waals surface area contributed by atoms with E-state index in [1.54, 1.807) is 0 Å². The van der Waals surface area contributed by atoms with Gasteiger partial charge in [0.2, 0.25) is 0 Å². The fourth-order valence-electron chi connectivity index (χ4n) is 2.96. The number of hydrogen-bond donors (Lipinski definition) is 1. The molecule has 2 N–H and O–H groups in total. The standard InChI is InChI=1S/C16H25NO/c1-12-9-15(7-8-17)10-13(2)16(12)18-11-14-5-3-4-6-14/h9-10,14H,3-8,11,17H2,1-2H3. The molecule has 1 aromatic rings. The molecule has 1 fully saturated rings. The van der Waals surface area contributed by atoms with E-state index in [1.807, 2.05) is 0 Å². The molecule has 2 rings (SSSR count). The van der Waals surface area contributed by atoms with Gasteiger partial charge >= 0.3 is 0 Å². The molecule has 100 valence electrons. The van der Waals surface area contributed by atoms with Crippen molar-refractivity contribution in [1.29, 1.82) is 0 Å². The fourth-order valence-corrected chi connectivity index (χ4v) is 2.96. The lowest BCUT2D eigenvalue weighted by molar-refractivity contribution is 0.249. The Labute approximate surface area is 111 Å². The summed E-state index contributed by atoms with van der Waals surface area (Å²) in [4.78, 5) is 0. The summed E-state index contributed by atoms with van der Waals surface area (Å²) in [5.74, 6) is 1.86. The predicted octanol–water partition coefficient (Wildman–Crippen LogP) is 3.37. The van der Waals surface area contributed by atoms with Crippen molar-refractivity contribution >= 4 is 0 Å². The molecule has 2 heteroatoms. The van der Waals surface area contributed by atoms with Crippen LogP contribution in [0.1, 0.15) is 42.4 Å². The SMILES string of the molecule is Cc1cc(CCN)cc(C)c1OCC1CCCC1. The lowest BCUT2D eigenvalue weighted by Gasteiger charge is -2.16. The third kappa shape index (κ3) is 3.26. The van der Waals surface area contributed by atoms with E-state index < -0.39 is 0 Å². The Balaban J connectivity index is 2.02. The lowest BCUT2D eigenvalue weighted by Crippen LogP contribution is -2.10. The molecule has 0 radical (unpaired) electrons. The molecular formula is C16H25NO. The zero-order valence-corrected chi connectivity index (χ0v) is 11.7. The highest BCUT2D eigenvalue weighted by Gasteiger charge is 2.16. The fraction of sp³-hybridized carbons (Fsp3) is 0.625. The highest BCUT2D eigenvalue weighted by molar-refractivity contribution is 5.43. The van der Waals surface area contributed by atoms with Crippen molar-refractivity contribution in [3.05, 3.63) is 28.8 Å². The van der Waals surface area contributed by atoms with E-state index >= 15 is 0 Å². The highest BCUT2D eigenvalue weighted by atomic mass is 16.5. The first-order chi connectivity index (χ1) is 8.70. The molecule has 0 aromatic heterocycles. The van der Waals surface area contributed by atoms with Crippen molar-refractivity contribution in [2.75, 3.05) is 13.2 Å². The summed E-state index contributed by atoms with van der Waals surface area (Å²) in [6.45, 7) is 5.87. The molecule has 18 heavy (non-hydrogen) atoms. The van der Waals surface area contributed by atoms with Crippen LogP contribution in [0.5, 0.6) is 5.75 Å². The van der Waals surface area contributed by atoms with Crippen LogP contribution in [-0.2, 0) is 6.42 Å². The van der Waals surface area contributed by atoms with Crippen LogP contribution in [-0.4, -0.2) is 13.2 Å². The minimum absolute atomic E-state index is 0.709. The topological polar surface area (TPSA) is 35.2 Å². The van der Waals surface area contributed by atoms with Gasteiger partial charge in [0.05, 0.1) is 6.61 Å². The number of nitrogens with two attached hydrogens (primary N) is 1. The average molecular weight is 247 g/mol. The van der Waals surface area contributed by atoms with Gasteiger partial charge < -0.3 is 10.5 Å². The second-order valence-corrected chi connectivity index (χ2v) is 5.56. The van der Waals surface area contributed by atoms with Crippen LogP contribution in [0.2, 0.25) is 0 Å². The quantitative estimate of drug-likeness (QED) is 0.865. The highest BCUT2D eigenvalue weighted by Crippen LogP contribution is 2.29. The van der Waals surface area contributed by atoms with Gasteiger partial charge in [0.15, 0.2) is 0 Å². The van der Waals surface area contributed by atoms with Gasteiger partial charge in [-0.2, -0.15) is 0 Å². The van der Waals surface area contributed by atoms with Crippen LogP contribution in [0, 0.1) is 19.8 Å². The van der Waals surface area contributed by atoms with Crippen LogP contribution >= 0.6 is 0 Å². The van der Waals surface area contributed by atoms with Crippen molar-refractivity contribution in [3.8, 4) is 5.75 Å². The Kier molecular flexibility index (Phi) is 4.65. The van der Waals surface area contributed by atoms with Crippen LogP contribution in [0.3, 0.4) is 0 Å². The molecule has 0 unspecified atom stereocenters. The number of rotatable bonds is 5. The average Bonchev–Trinajstić information content (AvgIpc) is 2.81. The molecule has 0 bridgehead atoms. The van der Waals surface area contributed by atoms with Crippen LogP contribution < -0.4 is 10.5 Å². The first-order valence-corrected chi connectivity index (χ1v) is 7.13. The van der Waals surface area contributed by atoms with E-state index in [-0.39, 0.29) is 0 Å². The zero-order chi connectivity index (χ0) is 13.0. The molecule has 0 atom stereocenters. The lowest BCUT2D eigenvalue weighted by atomic mass is 10.0. The van der Waals surface area contributed by atoms with Gasteiger partial charge in [0, 0.05) is 0 Å². The summed E-state index contributed by atoms with van der Waals surface area (Å²) >= 11 is 0. The normalized spacial score (nSPS) is 16.2. The third-order valence-electron chi connectivity index (χ3n) is 3.89. The van der Waals surface area contributed by atoms with E-state index in [4.69, 9.17) is 10.5 Å². The number of benzene rings is 1. The Morgan fingerprint density at radius 1 is 1.17 bits per heavy atom. The van der Waals surface area contributed by atoms with Crippen LogP contribution in [0.25, 0.3) is 0 Å². The molecule has 1 aromatic carbocycles. The van der Waals surface area contributed by atoms with Crippen LogP contribution in [0.15, 0.2) is 12.1 Å². The van der Waals surface area contributed by atoms with Gasteiger partial charge in [-0.3, -0.25) is 0 Å². The monoisotopic (exact) mass is 247 g/mol. The Morgan fingerprint density at radius 3 is 2.33 bits per heavy atom. The second-order valence-electron chi connectivity index (χ2n) is 5.56. The van der Waals surface area contributed by atoms with Crippen molar-refractivity contribution in [2.45, 2.75) is 46.0 Å². The summed E-state index contributed by atoms with van der Waals surface area (Å²) in [7, 11) is 0. The second kappa shape index (κ2) is 6.24. The largest absolute Gasteiger partial charge is 0.493 e. The van der Waals surface area contributed by atoms with Gasteiger partial charge in [0.25, 0.3) is 0 Å². The molecule has 1 aliphatic carbocycles. The van der Waals surface area contributed by atoms with Crippen molar-refractivity contribution in [1.82, 2.24) is 0 Å². The maximum atomic E-state index is 6.05. The molecule has 1 saturated carbocycles. The van der Waals surface area contributed by atoms with Gasteiger partial charge in [-0.15, -0.1) is 0 Å². The van der Waals surface area contributed by atoms with Gasteiger partial charge in [-0.1, -0.05) is 25.0 Å². The summed E-state index contributed by atoms with van der Waals surface area (Å²) in [5, 5.41) is 0. The summed E-state index contributed by atoms with van der Waals surface area (Å²) < 4.78 is 6.05. The molecule has 0 spiro atoms. The van der Waals surface area contributed by atoms with E-state index in [1.165, 1.54) is 42.4 Å². The zero-order valence-electron chi connectivity index (χ0n) is 11.7. The Morgan fingerprint density at radius 2 is 1.78 bits per heavy atom. The minimum Gasteiger partial charge on any atom is -0.493 e. The first kappa shape index (κ1) is 13.4. The summed E-state index contributed by atoms with van der Waals surface area (Å²) in [6.07, 6.45) is 6.38. The maximum absolute atomic E-state index is 6.05. The first-order valence-electron chi connectivity index (χ1n) is 7.13. The van der Waals surface area contributed by atoms with E-state index in [0.29, 0.717) is 6.54 Å². The Hall–Kier alpha value is -1.02. The molecule has 2 nitrogen and oxygen atoms in total. The minimum atomic E-state index is 0.709. The molecule has 0 amide bonds. The molecule has 0 saturated heterocycles.